The monoisotopic (exact) mass is 262 g/mol. The molecule has 0 amide bonds. The smallest absolute Gasteiger partial charge is 0.170 e. The van der Waals surface area contributed by atoms with Crippen LogP contribution in [-0.4, -0.2) is 20.5 Å². The van der Waals surface area contributed by atoms with E-state index in [1.165, 1.54) is 18.5 Å². The SMILES string of the molecule is CC(C)n1ncnc1CC(=O)c1ccc(N)c(F)c1. The van der Waals surface area contributed by atoms with Crippen molar-refractivity contribution in [2.45, 2.75) is 26.3 Å². The molecular weight excluding hydrogens is 247 g/mol. The topological polar surface area (TPSA) is 73.8 Å². The number of hydrogen-bond acceptors (Lipinski definition) is 4. The van der Waals surface area contributed by atoms with Gasteiger partial charge in [-0.25, -0.2) is 14.1 Å². The fourth-order valence-corrected chi connectivity index (χ4v) is 1.78. The molecule has 0 radical (unpaired) electrons. The number of nitrogens with zero attached hydrogens (tertiary/aromatic N) is 3. The van der Waals surface area contributed by atoms with Crippen molar-refractivity contribution >= 4 is 11.5 Å². The number of carbonyl (C=O) groups is 1. The molecule has 0 saturated carbocycles. The van der Waals surface area contributed by atoms with Crippen molar-refractivity contribution in [3.63, 3.8) is 0 Å². The fourth-order valence-electron chi connectivity index (χ4n) is 1.78. The zero-order valence-electron chi connectivity index (χ0n) is 10.8. The van der Waals surface area contributed by atoms with Gasteiger partial charge in [0.25, 0.3) is 0 Å². The number of ketones is 1. The standard InChI is InChI=1S/C13H15FN4O/c1-8(2)18-13(16-7-17-18)6-12(19)9-3-4-11(15)10(14)5-9/h3-5,7-8H,6,15H2,1-2H3. The lowest BCUT2D eigenvalue weighted by atomic mass is 10.1. The number of nitrogen functional groups attached to an aromatic ring is 1. The Hall–Kier alpha value is -2.24. The molecule has 0 atom stereocenters. The number of benzene rings is 1. The van der Waals surface area contributed by atoms with Gasteiger partial charge in [0, 0.05) is 11.6 Å². The summed E-state index contributed by atoms with van der Waals surface area (Å²) in [6.45, 7) is 3.90. The largest absolute Gasteiger partial charge is 0.396 e. The number of rotatable bonds is 4. The molecule has 1 heterocycles. The molecule has 1 aromatic heterocycles. The van der Waals surface area contributed by atoms with Crippen molar-refractivity contribution in [1.29, 1.82) is 0 Å². The third kappa shape index (κ3) is 2.78. The average molecular weight is 262 g/mol. The van der Waals surface area contributed by atoms with Crippen LogP contribution in [0.4, 0.5) is 10.1 Å². The van der Waals surface area contributed by atoms with Gasteiger partial charge >= 0.3 is 0 Å². The summed E-state index contributed by atoms with van der Waals surface area (Å²) < 4.78 is 15.0. The predicted molar refractivity (Wildman–Crippen MR) is 69.3 cm³/mol. The minimum absolute atomic E-state index is 0.0295. The molecule has 1 aromatic carbocycles. The summed E-state index contributed by atoms with van der Waals surface area (Å²) in [6.07, 6.45) is 1.49. The number of nitrogens with two attached hydrogens (primary N) is 1. The van der Waals surface area contributed by atoms with Crippen LogP contribution in [0.15, 0.2) is 24.5 Å². The number of hydrogen-bond donors (Lipinski definition) is 1. The summed E-state index contributed by atoms with van der Waals surface area (Å²) in [5.74, 6) is -0.234. The van der Waals surface area contributed by atoms with Gasteiger partial charge < -0.3 is 5.73 Å². The molecule has 0 saturated heterocycles. The maximum absolute atomic E-state index is 13.3. The predicted octanol–water partition coefficient (Wildman–Crippen LogP) is 2.01. The second-order valence-corrected chi connectivity index (χ2v) is 4.55. The first-order chi connectivity index (χ1) is 8.99. The van der Waals surface area contributed by atoms with Crippen LogP contribution in [0, 0.1) is 5.82 Å². The molecule has 19 heavy (non-hydrogen) atoms. The molecule has 0 aliphatic rings. The highest BCUT2D eigenvalue weighted by molar-refractivity contribution is 5.97. The maximum Gasteiger partial charge on any atom is 0.170 e. The Morgan fingerprint density at radius 2 is 2.21 bits per heavy atom. The minimum Gasteiger partial charge on any atom is -0.396 e. The first-order valence-electron chi connectivity index (χ1n) is 5.95. The molecule has 0 unspecified atom stereocenters. The van der Waals surface area contributed by atoms with Crippen LogP contribution in [0.25, 0.3) is 0 Å². The first kappa shape index (κ1) is 13.2. The normalized spacial score (nSPS) is 10.9. The molecule has 2 N–H and O–H groups in total. The number of aromatic nitrogens is 3. The van der Waals surface area contributed by atoms with Crippen molar-refractivity contribution in [2.75, 3.05) is 5.73 Å². The van der Waals surface area contributed by atoms with E-state index in [1.54, 1.807) is 4.68 Å². The molecule has 0 aliphatic carbocycles. The number of halogens is 1. The molecule has 0 bridgehead atoms. The van der Waals surface area contributed by atoms with Crippen LogP contribution in [-0.2, 0) is 6.42 Å². The molecule has 6 heteroatoms. The quantitative estimate of drug-likeness (QED) is 0.675. The Balaban J connectivity index is 2.21. The van der Waals surface area contributed by atoms with Crippen molar-refractivity contribution in [3.8, 4) is 0 Å². The van der Waals surface area contributed by atoms with E-state index in [-0.39, 0.29) is 29.5 Å². The lowest BCUT2D eigenvalue weighted by Crippen LogP contribution is -2.13. The van der Waals surface area contributed by atoms with Crippen LogP contribution in [0.1, 0.15) is 36.1 Å². The molecule has 5 nitrogen and oxygen atoms in total. The van der Waals surface area contributed by atoms with Gasteiger partial charge in [-0.05, 0) is 32.0 Å². The fraction of sp³-hybridized carbons (Fsp3) is 0.308. The summed E-state index contributed by atoms with van der Waals surface area (Å²) in [6, 6.07) is 4.16. The summed E-state index contributed by atoms with van der Waals surface area (Å²) in [5.41, 5.74) is 5.69. The lowest BCUT2D eigenvalue weighted by molar-refractivity contribution is 0.0988. The van der Waals surface area contributed by atoms with E-state index in [1.807, 2.05) is 13.8 Å². The van der Waals surface area contributed by atoms with Gasteiger partial charge in [0.05, 0.1) is 12.1 Å². The van der Waals surface area contributed by atoms with Gasteiger partial charge in [0.15, 0.2) is 5.78 Å². The van der Waals surface area contributed by atoms with Crippen molar-refractivity contribution in [2.24, 2.45) is 0 Å². The summed E-state index contributed by atoms with van der Waals surface area (Å²) in [7, 11) is 0. The molecule has 0 aliphatic heterocycles. The Kier molecular flexibility index (Phi) is 3.59. The van der Waals surface area contributed by atoms with E-state index >= 15 is 0 Å². The van der Waals surface area contributed by atoms with Gasteiger partial charge in [-0.2, -0.15) is 5.10 Å². The highest BCUT2D eigenvalue weighted by Gasteiger charge is 2.14. The second-order valence-electron chi connectivity index (χ2n) is 4.55. The van der Waals surface area contributed by atoms with E-state index in [0.29, 0.717) is 5.82 Å². The molecule has 0 spiro atoms. The van der Waals surface area contributed by atoms with E-state index in [4.69, 9.17) is 5.73 Å². The van der Waals surface area contributed by atoms with Crippen molar-refractivity contribution in [3.05, 3.63) is 41.7 Å². The Morgan fingerprint density at radius 3 is 2.84 bits per heavy atom. The highest BCUT2D eigenvalue weighted by Crippen LogP contribution is 2.14. The van der Waals surface area contributed by atoms with Crippen LogP contribution < -0.4 is 5.73 Å². The summed E-state index contributed by atoms with van der Waals surface area (Å²) >= 11 is 0. The minimum atomic E-state index is -0.587. The summed E-state index contributed by atoms with van der Waals surface area (Å²) in [4.78, 5) is 16.1. The van der Waals surface area contributed by atoms with E-state index in [0.717, 1.165) is 6.07 Å². The van der Waals surface area contributed by atoms with Crippen LogP contribution in [0.2, 0.25) is 0 Å². The van der Waals surface area contributed by atoms with Gasteiger partial charge in [0.1, 0.15) is 18.0 Å². The van der Waals surface area contributed by atoms with Crippen LogP contribution >= 0.6 is 0 Å². The second kappa shape index (κ2) is 5.17. The average Bonchev–Trinajstić information content (AvgIpc) is 2.80. The Bertz CT molecular complexity index is 606. The number of Topliss-reactive ketones (excluding diaryl/α,β-unsaturated/α-hetero) is 1. The van der Waals surface area contributed by atoms with Gasteiger partial charge in [0.2, 0.25) is 0 Å². The zero-order valence-corrected chi connectivity index (χ0v) is 10.8. The van der Waals surface area contributed by atoms with E-state index in [9.17, 15) is 9.18 Å². The molecular formula is C13H15FN4O. The molecule has 2 rings (SSSR count). The highest BCUT2D eigenvalue weighted by atomic mass is 19.1. The van der Waals surface area contributed by atoms with E-state index < -0.39 is 5.82 Å². The Morgan fingerprint density at radius 1 is 1.47 bits per heavy atom. The molecule has 0 fully saturated rings. The third-order valence-electron chi connectivity index (χ3n) is 2.78. The number of carbonyl (C=O) groups excluding carboxylic acids is 1. The van der Waals surface area contributed by atoms with Gasteiger partial charge in [-0.15, -0.1) is 0 Å². The van der Waals surface area contributed by atoms with Crippen molar-refractivity contribution in [1.82, 2.24) is 14.8 Å². The van der Waals surface area contributed by atoms with Crippen LogP contribution in [0.3, 0.4) is 0 Å². The van der Waals surface area contributed by atoms with Gasteiger partial charge in [-0.1, -0.05) is 0 Å². The molecule has 2 aromatic rings. The first-order valence-corrected chi connectivity index (χ1v) is 5.95. The van der Waals surface area contributed by atoms with Crippen LogP contribution in [0.5, 0.6) is 0 Å². The maximum atomic E-state index is 13.3. The lowest BCUT2D eigenvalue weighted by Gasteiger charge is -2.09. The number of anilines is 1. The van der Waals surface area contributed by atoms with E-state index in [2.05, 4.69) is 10.1 Å². The molecule has 100 valence electrons. The zero-order chi connectivity index (χ0) is 14.0. The van der Waals surface area contributed by atoms with Gasteiger partial charge in [-0.3, -0.25) is 4.79 Å². The van der Waals surface area contributed by atoms with Crippen molar-refractivity contribution < 1.29 is 9.18 Å². The summed E-state index contributed by atoms with van der Waals surface area (Å²) in [5, 5.41) is 4.05. The Labute approximate surface area is 110 Å². The third-order valence-corrected chi connectivity index (χ3v) is 2.78.